The zero-order valence-electron chi connectivity index (χ0n) is 12.2. The van der Waals surface area contributed by atoms with Crippen molar-refractivity contribution in [3.63, 3.8) is 0 Å². The van der Waals surface area contributed by atoms with Crippen molar-refractivity contribution in [2.75, 3.05) is 32.6 Å². The van der Waals surface area contributed by atoms with E-state index in [2.05, 4.69) is 56.1 Å². The minimum absolute atomic E-state index is 0.678. The quantitative estimate of drug-likeness (QED) is 0.806. The molecule has 100 valence electrons. The van der Waals surface area contributed by atoms with Crippen molar-refractivity contribution < 1.29 is 0 Å². The molecule has 0 bridgehead atoms. The standard InChI is InChI=1S/C16H26N2/c1-13-7-9-15-12-14(6-5-11-17(2)3)8-10-16(15)18(13)4/h8,10,12-13H,5-7,9,11H2,1-4H3. The van der Waals surface area contributed by atoms with Gasteiger partial charge < -0.3 is 9.80 Å². The van der Waals surface area contributed by atoms with Crippen LogP contribution >= 0.6 is 0 Å². The van der Waals surface area contributed by atoms with Gasteiger partial charge in [-0.05, 0) is 70.4 Å². The molecule has 2 heteroatoms. The van der Waals surface area contributed by atoms with E-state index in [1.165, 1.54) is 49.0 Å². The Hall–Kier alpha value is -1.02. The number of aryl methyl sites for hydroxylation is 2. The maximum absolute atomic E-state index is 2.42. The van der Waals surface area contributed by atoms with Gasteiger partial charge in [0.2, 0.25) is 0 Å². The van der Waals surface area contributed by atoms with Gasteiger partial charge in [-0.2, -0.15) is 0 Å². The molecule has 1 atom stereocenters. The molecule has 0 radical (unpaired) electrons. The summed E-state index contributed by atoms with van der Waals surface area (Å²) in [5.74, 6) is 0. The fourth-order valence-electron chi connectivity index (χ4n) is 2.73. The Morgan fingerprint density at radius 3 is 2.83 bits per heavy atom. The van der Waals surface area contributed by atoms with Gasteiger partial charge in [0, 0.05) is 18.8 Å². The summed E-state index contributed by atoms with van der Waals surface area (Å²) in [6, 6.07) is 7.73. The second kappa shape index (κ2) is 5.75. The van der Waals surface area contributed by atoms with E-state index in [1.54, 1.807) is 0 Å². The van der Waals surface area contributed by atoms with Crippen LogP contribution in [0.25, 0.3) is 0 Å². The van der Waals surface area contributed by atoms with Gasteiger partial charge >= 0.3 is 0 Å². The summed E-state index contributed by atoms with van der Waals surface area (Å²) in [6.45, 7) is 3.49. The SMILES string of the molecule is CC1CCc2cc(CCCN(C)C)ccc2N1C. The van der Waals surface area contributed by atoms with Crippen molar-refractivity contribution in [1.82, 2.24) is 4.90 Å². The molecule has 0 aromatic heterocycles. The van der Waals surface area contributed by atoms with Gasteiger partial charge in [0.15, 0.2) is 0 Å². The van der Waals surface area contributed by atoms with E-state index in [0.29, 0.717) is 6.04 Å². The van der Waals surface area contributed by atoms with Crippen LogP contribution in [0.1, 0.15) is 30.9 Å². The summed E-state index contributed by atoms with van der Waals surface area (Å²) in [5, 5.41) is 0. The maximum atomic E-state index is 2.42. The summed E-state index contributed by atoms with van der Waals surface area (Å²) < 4.78 is 0. The third-order valence-electron chi connectivity index (χ3n) is 4.09. The Kier molecular flexibility index (Phi) is 4.28. The molecule has 0 spiro atoms. The highest BCUT2D eigenvalue weighted by Gasteiger charge is 2.19. The number of fused-ring (bicyclic) bond motifs is 1. The second-order valence-electron chi connectivity index (χ2n) is 5.87. The predicted octanol–water partition coefficient (Wildman–Crippen LogP) is 2.95. The minimum Gasteiger partial charge on any atom is -0.372 e. The molecule has 2 nitrogen and oxygen atoms in total. The Labute approximate surface area is 112 Å². The molecule has 18 heavy (non-hydrogen) atoms. The lowest BCUT2D eigenvalue weighted by Crippen LogP contribution is -2.33. The van der Waals surface area contributed by atoms with Crippen molar-refractivity contribution in [2.45, 2.75) is 38.6 Å². The molecule has 1 heterocycles. The van der Waals surface area contributed by atoms with Crippen LogP contribution in [0.5, 0.6) is 0 Å². The molecular formula is C16H26N2. The predicted molar refractivity (Wildman–Crippen MR) is 79.5 cm³/mol. The van der Waals surface area contributed by atoms with E-state index >= 15 is 0 Å². The van der Waals surface area contributed by atoms with Crippen LogP contribution < -0.4 is 4.90 Å². The van der Waals surface area contributed by atoms with Crippen LogP contribution in [0.2, 0.25) is 0 Å². The van der Waals surface area contributed by atoms with E-state index in [9.17, 15) is 0 Å². The molecule has 1 aliphatic rings. The van der Waals surface area contributed by atoms with Crippen LogP contribution in [0.15, 0.2) is 18.2 Å². The molecule has 1 unspecified atom stereocenters. The van der Waals surface area contributed by atoms with Crippen LogP contribution in [0.4, 0.5) is 5.69 Å². The average molecular weight is 246 g/mol. The Morgan fingerprint density at radius 2 is 2.11 bits per heavy atom. The average Bonchev–Trinajstić information content (AvgIpc) is 2.33. The molecule has 0 saturated heterocycles. The summed E-state index contributed by atoms with van der Waals surface area (Å²) in [6.07, 6.45) is 4.97. The normalized spacial score (nSPS) is 19.2. The molecule has 0 N–H and O–H groups in total. The zero-order valence-corrected chi connectivity index (χ0v) is 12.2. The molecule has 0 fully saturated rings. The lowest BCUT2D eigenvalue weighted by molar-refractivity contribution is 0.400. The van der Waals surface area contributed by atoms with Gasteiger partial charge in [0.1, 0.15) is 0 Å². The third kappa shape index (κ3) is 3.05. The van der Waals surface area contributed by atoms with Crippen LogP contribution in [-0.2, 0) is 12.8 Å². The topological polar surface area (TPSA) is 6.48 Å². The first-order valence-corrected chi connectivity index (χ1v) is 7.07. The second-order valence-corrected chi connectivity index (χ2v) is 5.87. The number of nitrogens with zero attached hydrogens (tertiary/aromatic N) is 2. The van der Waals surface area contributed by atoms with Crippen molar-refractivity contribution in [1.29, 1.82) is 0 Å². The zero-order chi connectivity index (χ0) is 13.1. The number of hydrogen-bond acceptors (Lipinski definition) is 2. The molecule has 0 aliphatic carbocycles. The molecule has 0 saturated carbocycles. The van der Waals surface area contributed by atoms with Crippen molar-refractivity contribution >= 4 is 5.69 Å². The minimum atomic E-state index is 0.678. The highest BCUT2D eigenvalue weighted by molar-refractivity contribution is 5.57. The van der Waals surface area contributed by atoms with Gasteiger partial charge in [-0.15, -0.1) is 0 Å². The van der Waals surface area contributed by atoms with E-state index in [-0.39, 0.29) is 0 Å². The number of hydrogen-bond donors (Lipinski definition) is 0. The van der Waals surface area contributed by atoms with Crippen molar-refractivity contribution in [2.24, 2.45) is 0 Å². The Morgan fingerprint density at radius 1 is 1.33 bits per heavy atom. The first-order valence-electron chi connectivity index (χ1n) is 7.07. The number of anilines is 1. The largest absolute Gasteiger partial charge is 0.372 e. The summed E-state index contributed by atoms with van der Waals surface area (Å²) in [7, 11) is 6.50. The van der Waals surface area contributed by atoms with E-state index in [0.717, 1.165) is 0 Å². The monoisotopic (exact) mass is 246 g/mol. The van der Waals surface area contributed by atoms with E-state index in [1.807, 2.05) is 0 Å². The van der Waals surface area contributed by atoms with Gasteiger partial charge in [-0.1, -0.05) is 12.1 Å². The maximum Gasteiger partial charge on any atom is 0.0398 e. The lowest BCUT2D eigenvalue weighted by Gasteiger charge is -2.34. The van der Waals surface area contributed by atoms with Crippen LogP contribution in [-0.4, -0.2) is 38.6 Å². The smallest absolute Gasteiger partial charge is 0.0398 e. The summed E-state index contributed by atoms with van der Waals surface area (Å²) >= 11 is 0. The molecular weight excluding hydrogens is 220 g/mol. The van der Waals surface area contributed by atoms with Crippen LogP contribution in [0.3, 0.4) is 0 Å². The third-order valence-corrected chi connectivity index (χ3v) is 4.09. The van der Waals surface area contributed by atoms with Gasteiger partial charge in [0.25, 0.3) is 0 Å². The van der Waals surface area contributed by atoms with Gasteiger partial charge in [-0.25, -0.2) is 0 Å². The fraction of sp³-hybridized carbons (Fsp3) is 0.625. The highest BCUT2D eigenvalue weighted by atomic mass is 15.1. The van der Waals surface area contributed by atoms with Gasteiger partial charge in [-0.3, -0.25) is 0 Å². The first kappa shape index (κ1) is 13.4. The lowest BCUT2D eigenvalue weighted by atomic mass is 9.94. The van der Waals surface area contributed by atoms with E-state index < -0.39 is 0 Å². The molecule has 2 rings (SSSR count). The number of benzene rings is 1. The summed E-state index contributed by atoms with van der Waals surface area (Å²) in [4.78, 5) is 4.68. The molecule has 1 aliphatic heterocycles. The molecule has 1 aromatic carbocycles. The highest BCUT2D eigenvalue weighted by Crippen LogP contribution is 2.30. The number of rotatable bonds is 4. The van der Waals surface area contributed by atoms with Crippen LogP contribution in [0, 0.1) is 0 Å². The Bertz CT molecular complexity index is 398. The fourth-order valence-corrected chi connectivity index (χ4v) is 2.73. The van der Waals surface area contributed by atoms with Crippen molar-refractivity contribution in [3.05, 3.63) is 29.3 Å². The first-order chi connectivity index (χ1) is 8.58. The van der Waals surface area contributed by atoms with Crippen molar-refractivity contribution in [3.8, 4) is 0 Å². The van der Waals surface area contributed by atoms with Gasteiger partial charge in [0.05, 0.1) is 0 Å². The molecule has 0 amide bonds. The summed E-state index contributed by atoms with van der Waals surface area (Å²) in [5.41, 5.74) is 4.47. The Balaban J connectivity index is 2.04. The van der Waals surface area contributed by atoms with E-state index in [4.69, 9.17) is 0 Å². The molecule has 1 aromatic rings.